The van der Waals surface area contributed by atoms with Crippen LogP contribution in [0.25, 0.3) is 0 Å². The third-order valence-electron chi connectivity index (χ3n) is 2.16. The van der Waals surface area contributed by atoms with E-state index in [0.29, 0.717) is 0 Å². The van der Waals surface area contributed by atoms with Gasteiger partial charge in [0.15, 0.2) is 0 Å². The molecule has 0 aliphatic heterocycles. The van der Waals surface area contributed by atoms with Gasteiger partial charge in [0.25, 0.3) is 0 Å². The zero-order valence-corrected chi connectivity index (χ0v) is 8.06. The number of benzene rings is 1. The van der Waals surface area contributed by atoms with Crippen LogP contribution in [0.4, 0.5) is 0 Å². The fraction of sp³-hybridized carbons (Fsp3) is 0.455. The van der Waals surface area contributed by atoms with Gasteiger partial charge in [-0.2, -0.15) is 0 Å². The first kappa shape index (κ1) is 11.2. The van der Waals surface area contributed by atoms with Gasteiger partial charge in [-0.3, -0.25) is 0 Å². The number of hydrogen-bond acceptors (Lipinski definition) is 3. The smallest absolute Gasteiger partial charge is 0.102 e. The molecule has 3 nitrogen and oxygen atoms in total. The summed E-state index contributed by atoms with van der Waals surface area (Å²) in [7, 11) is 0. The maximum Gasteiger partial charge on any atom is 0.102 e. The molecule has 3 heteroatoms. The van der Waals surface area contributed by atoms with Crippen molar-refractivity contribution >= 4 is 0 Å². The van der Waals surface area contributed by atoms with E-state index >= 15 is 0 Å². The molecule has 0 saturated carbocycles. The topological polar surface area (TPSA) is 60.7 Å². The first-order valence-electron chi connectivity index (χ1n) is 4.76. The van der Waals surface area contributed by atoms with Crippen molar-refractivity contribution in [2.75, 3.05) is 13.2 Å². The van der Waals surface area contributed by atoms with Gasteiger partial charge >= 0.3 is 0 Å². The molecule has 0 aliphatic carbocycles. The maximum atomic E-state index is 9.31. The van der Waals surface area contributed by atoms with Crippen molar-refractivity contribution < 1.29 is 15.3 Å². The summed E-state index contributed by atoms with van der Waals surface area (Å²) in [5.41, 5.74) is 1.85. The van der Waals surface area contributed by atoms with Crippen molar-refractivity contribution in [3.8, 4) is 0 Å². The van der Waals surface area contributed by atoms with E-state index in [1.807, 2.05) is 12.1 Å². The van der Waals surface area contributed by atoms with E-state index in [1.54, 1.807) is 12.1 Å². The molecule has 1 rings (SSSR count). The van der Waals surface area contributed by atoms with E-state index < -0.39 is 6.10 Å². The summed E-state index contributed by atoms with van der Waals surface area (Å²) in [4.78, 5) is 0. The Hall–Kier alpha value is -0.900. The largest absolute Gasteiger partial charge is 0.396 e. The molecular formula is C11H16O3. The van der Waals surface area contributed by atoms with Gasteiger partial charge in [-0.15, -0.1) is 0 Å². The van der Waals surface area contributed by atoms with Crippen LogP contribution in [-0.4, -0.2) is 28.5 Å². The fourth-order valence-electron chi connectivity index (χ4n) is 1.30. The molecule has 0 aliphatic rings. The number of rotatable bonds is 5. The summed E-state index contributed by atoms with van der Waals surface area (Å²) in [5.74, 6) is 0. The second kappa shape index (κ2) is 5.75. The van der Waals surface area contributed by atoms with Crippen molar-refractivity contribution in [3.05, 3.63) is 35.4 Å². The summed E-state index contributed by atoms with van der Waals surface area (Å²) in [5, 5.41) is 26.7. The van der Waals surface area contributed by atoms with Crippen molar-refractivity contribution in [1.82, 2.24) is 0 Å². The van der Waals surface area contributed by atoms with Crippen LogP contribution in [0.5, 0.6) is 0 Å². The third-order valence-corrected chi connectivity index (χ3v) is 2.16. The van der Waals surface area contributed by atoms with Crippen LogP contribution in [0.2, 0.25) is 0 Å². The van der Waals surface area contributed by atoms with E-state index in [9.17, 15) is 5.11 Å². The fourth-order valence-corrected chi connectivity index (χ4v) is 1.30. The van der Waals surface area contributed by atoms with Gasteiger partial charge in [0.05, 0.1) is 6.61 Å². The van der Waals surface area contributed by atoms with Gasteiger partial charge in [0.1, 0.15) is 6.10 Å². The minimum atomic E-state index is -0.790. The second-order valence-electron chi connectivity index (χ2n) is 3.27. The Morgan fingerprint density at radius 3 is 2.21 bits per heavy atom. The molecule has 0 saturated heterocycles. The second-order valence-corrected chi connectivity index (χ2v) is 3.27. The average molecular weight is 196 g/mol. The molecule has 1 aromatic rings. The molecule has 3 N–H and O–H groups in total. The molecule has 78 valence electrons. The standard InChI is InChI=1S/C11H16O3/c12-7-1-2-9-3-5-10(6-4-9)11(14)8-13/h3-6,11-14H,1-2,7-8H2. The monoisotopic (exact) mass is 196 g/mol. The van der Waals surface area contributed by atoms with E-state index in [-0.39, 0.29) is 13.2 Å². The highest BCUT2D eigenvalue weighted by molar-refractivity contribution is 5.24. The van der Waals surface area contributed by atoms with Crippen molar-refractivity contribution in [2.45, 2.75) is 18.9 Å². The molecule has 1 aromatic carbocycles. The maximum absolute atomic E-state index is 9.31. The predicted octanol–water partition coefficient (Wildman–Crippen LogP) is 0.637. The van der Waals surface area contributed by atoms with Gasteiger partial charge in [0.2, 0.25) is 0 Å². The molecule has 0 spiro atoms. The predicted molar refractivity (Wildman–Crippen MR) is 53.9 cm³/mol. The third kappa shape index (κ3) is 3.10. The Morgan fingerprint density at radius 2 is 1.71 bits per heavy atom. The van der Waals surface area contributed by atoms with E-state index in [1.165, 1.54) is 0 Å². The number of aliphatic hydroxyl groups excluding tert-OH is 3. The molecule has 0 amide bonds. The van der Waals surface area contributed by atoms with Crippen LogP contribution in [0.15, 0.2) is 24.3 Å². The normalized spacial score (nSPS) is 12.8. The van der Waals surface area contributed by atoms with Gasteiger partial charge in [-0.05, 0) is 24.0 Å². The highest BCUT2D eigenvalue weighted by Crippen LogP contribution is 2.13. The molecule has 0 radical (unpaired) electrons. The SMILES string of the molecule is OCCCc1ccc(C(O)CO)cc1. The minimum Gasteiger partial charge on any atom is -0.396 e. The molecule has 14 heavy (non-hydrogen) atoms. The lowest BCUT2D eigenvalue weighted by molar-refractivity contribution is 0.0956. The van der Waals surface area contributed by atoms with Crippen molar-refractivity contribution in [1.29, 1.82) is 0 Å². The first-order chi connectivity index (χ1) is 6.77. The zero-order chi connectivity index (χ0) is 10.4. The highest BCUT2D eigenvalue weighted by Gasteiger charge is 2.04. The summed E-state index contributed by atoms with van der Waals surface area (Å²) >= 11 is 0. The molecule has 0 fully saturated rings. The molecular weight excluding hydrogens is 180 g/mol. The molecule has 0 bridgehead atoms. The van der Waals surface area contributed by atoms with Gasteiger partial charge in [-0.1, -0.05) is 24.3 Å². The molecule has 1 atom stereocenters. The number of aryl methyl sites for hydroxylation is 1. The van der Waals surface area contributed by atoms with Crippen LogP contribution < -0.4 is 0 Å². The van der Waals surface area contributed by atoms with Crippen LogP contribution in [0.1, 0.15) is 23.7 Å². The van der Waals surface area contributed by atoms with Crippen LogP contribution in [0.3, 0.4) is 0 Å². The lowest BCUT2D eigenvalue weighted by atomic mass is 10.0. The van der Waals surface area contributed by atoms with Crippen LogP contribution in [0, 0.1) is 0 Å². The Bertz CT molecular complexity index is 256. The van der Waals surface area contributed by atoms with E-state index in [2.05, 4.69) is 0 Å². The molecule has 1 unspecified atom stereocenters. The Morgan fingerprint density at radius 1 is 1.07 bits per heavy atom. The molecule has 0 heterocycles. The minimum absolute atomic E-state index is 0.195. The average Bonchev–Trinajstić information content (AvgIpc) is 2.26. The lowest BCUT2D eigenvalue weighted by Gasteiger charge is -2.07. The zero-order valence-electron chi connectivity index (χ0n) is 8.06. The van der Waals surface area contributed by atoms with E-state index in [0.717, 1.165) is 24.0 Å². The first-order valence-corrected chi connectivity index (χ1v) is 4.76. The van der Waals surface area contributed by atoms with Crippen molar-refractivity contribution in [3.63, 3.8) is 0 Å². The Kier molecular flexibility index (Phi) is 4.59. The summed E-state index contributed by atoms with van der Waals surface area (Å²) in [6.45, 7) is -0.0585. The van der Waals surface area contributed by atoms with Crippen LogP contribution in [-0.2, 0) is 6.42 Å². The lowest BCUT2D eigenvalue weighted by Crippen LogP contribution is -2.02. The summed E-state index contributed by atoms with van der Waals surface area (Å²) < 4.78 is 0. The highest BCUT2D eigenvalue weighted by atomic mass is 16.3. The summed E-state index contributed by atoms with van der Waals surface area (Å²) in [6.07, 6.45) is 0.801. The Labute approximate surface area is 83.6 Å². The van der Waals surface area contributed by atoms with Gasteiger partial charge in [-0.25, -0.2) is 0 Å². The molecule has 0 aromatic heterocycles. The number of hydrogen-bond donors (Lipinski definition) is 3. The van der Waals surface area contributed by atoms with Gasteiger partial charge < -0.3 is 15.3 Å². The van der Waals surface area contributed by atoms with Crippen LogP contribution >= 0.6 is 0 Å². The quantitative estimate of drug-likeness (QED) is 0.647. The van der Waals surface area contributed by atoms with Crippen molar-refractivity contribution in [2.24, 2.45) is 0 Å². The van der Waals surface area contributed by atoms with E-state index in [4.69, 9.17) is 10.2 Å². The summed E-state index contributed by atoms with van der Waals surface area (Å²) in [6, 6.07) is 7.41. The number of aliphatic hydroxyl groups is 3. The Balaban J connectivity index is 2.59. The van der Waals surface area contributed by atoms with Gasteiger partial charge in [0, 0.05) is 6.61 Å².